The van der Waals surface area contributed by atoms with E-state index in [1.807, 2.05) is 6.92 Å². The van der Waals surface area contributed by atoms with Crippen LogP contribution in [-0.4, -0.2) is 19.9 Å². The lowest BCUT2D eigenvalue weighted by molar-refractivity contribution is 0.651. The second kappa shape index (κ2) is 6.45. The lowest BCUT2D eigenvalue weighted by Gasteiger charge is -2.10. The molecule has 3 N–H and O–H groups in total. The summed E-state index contributed by atoms with van der Waals surface area (Å²) in [4.78, 5) is 18.6. The van der Waals surface area contributed by atoms with Crippen LogP contribution < -0.4 is 11.1 Å². The van der Waals surface area contributed by atoms with Gasteiger partial charge in [-0.3, -0.25) is 0 Å². The maximum Gasteiger partial charge on any atom is 0.149 e. The van der Waals surface area contributed by atoms with Crippen LogP contribution in [0.25, 0.3) is 10.2 Å². The fourth-order valence-corrected chi connectivity index (χ4v) is 3.49. The third kappa shape index (κ3) is 3.56. The van der Waals surface area contributed by atoms with Gasteiger partial charge in [-0.1, -0.05) is 13.8 Å². The van der Waals surface area contributed by atoms with Crippen LogP contribution in [0.1, 0.15) is 31.1 Å². The molecule has 0 aliphatic rings. The Labute approximate surface area is 139 Å². The van der Waals surface area contributed by atoms with E-state index in [4.69, 9.17) is 5.73 Å². The molecule has 0 bridgehead atoms. The maximum atomic E-state index is 5.70. The summed E-state index contributed by atoms with van der Waals surface area (Å²) in [6.07, 6.45) is 2.67. The summed E-state index contributed by atoms with van der Waals surface area (Å²) in [6, 6.07) is 1.68. The second-order valence-electron chi connectivity index (χ2n) is 5.91. The van der Waals surface area contributed by atoms with Gasteiger partial charge in [0, 0.05) is 6.20 Å². The molecule has 3 aromatic rings. The molecule has 0 saturated carbocycles. The lowest BCUT2D eigenvalue weighted by atomic mass is 10.0. The molecule has 0 fully saturated rings. The van der Waals surface area contributed by atoms with E-state index < -0.39 is 0 Å². The molecular formula is C16H20N6S. The van der Waals surface area contributed by atoms with E-state index in [1.54, 1.807) is 23.6 Å². The normalized spacial score (nSPS) is 11.3. The van der Waals surface area contributed by atoms with E-state index in [1.165, 1.54) is 5.56 Å². The summed E-state index contributed by atoms with van der Waals surface area (Å²) >= 11 is 1.67. The van der Waals surface area contributed by atoms with Gasteiger partial charge in [0.1, 0.15) is 28.1 Å². The summed E-state index contributed by atoms with van der Waals surface area (Å²) in [7, 11) is 0. The standard InChI is InChI=1S/C16H20N6S/c1-9(2)6-11-8-23-16-14(11)15(20-10(3)21-16)19-7-13-18-5-4-12(17)22-13/h4-5,8-9H,6-7H2,1-3H3,(H2,17,18,22)(H,19,20,21). The van der Waals surface area contributed by atoms with E-state index in [2.05, 4.69) is 44.5 Å². The largest absolute Gasteiger partial charge is 0.384 e. The highest BCUT2D eigenvalue weighted by atomic mass is 32.1. The number of hydrogen-bond acceptors (Lipinski definition) is 7. The monoisotopic (exact) mass is 328 g/mol. The fraction of sp³-hybridized carbons (Fsp3) is 0.375. The van der Waals surface area contributed by atoms with E-state index >= 15 is 0 Å². The summed E-state index contributed by atoms with van der Waals surface area (Å²) in [5.74, 6) is 3.30. The molecule has 3 aromatic heterocycles. The molecule has 0 spiro atoms. The third-order valence-electron chi connectivity index (χ3n) is 3.39. The van der Waals surface area contributed by atoms with Gasteiger partial charge in [0.25, 0.3) is 0 Å². The van der Waals surface area contributed by atoms with Gasteiger partial charge in [-0.2, -0.15) is 0 Å². The highest BCUT2D eigenvalue weighted by Gasteiger charge is 2.14. The lowest BCUT2D eigenvalue weighted by Crippen LogP contribution is -2.08. The number of hydrogen-bond donors (Lipinski definition) is 2. The summed E-state index contributed by atoms with van der Waals surface area (Å²) in [6.45, 7) is 6.81. The average Bonchev–Trinajstić information content (AvgIpc) is 2.87. The number of nitrogens with one attached hydrogen (secondary N) is 1. The Morgan fingerprint density at radius 1 is 1.26 bits per heavy atom. The quantitative estimate of drug-likeness (QED) is 0.747. The molecule has 0 radical (unpaired) electrons. The van der Waals surface area contributed by atoms with Crippen LogP contribution in [0.4, 0.5) is 11.6 Å². The van der Waals surface area contributed by atoms with Crippen molar-refractivity contribution < 1.29 is 0 Å². The average molecular weight is 328 g/mol. The van der Waals surface area contributed by atoms with Crippen molar-refractivity contribution in [1.29, 1.82) is 0 Å². The first-order valence-corrected chi connectivity index (χ1v) is 8.47. The fourth-order valence-electron chi connectivity index (χ4n) is 2.49. The zero-order valence-corrected chi connectivity index (χ0v) is 14.3. The Morgan fingerprint density at radius 3 is 2.83 bits per heavy atom. The van der Waals surface area contributed by atoms with E-state index in [9.17, 15) is 0 Å². The highest BCUT2D eigenvalue weighted by Crippen LogP contribution is 2.31. The number of nitrogens with two attached hydrogens (primary N) is 1. The number of nitrogen functional groups attached to an aromatic ring is 1. The van der Waals surface area contributed by atoms with Gasteiger partial charge in [-0.05, 0) is 36.3 Å². The Bertz CT molecular complexity index is 827. The van der Waals surface area contributed by atoms with Gasteiger partial charge < -0.3 is 11.1 Å². The van der Waals surface area contributed by atoms with Crippen molar-refractivity contribution in [2.45, 2.75) is 33.7 Å². The summed E-state index contributed by atoms with van der Waals surface area (Å²) < 4.78 is 0. The predicted molar refractivity (Wildman–Crippen MR) is 94.5 cm³/mol. The SMILES string of the molecule is Cc1nc(NCc2nccc(N)n2)c2c(CC(C)C)csc2n1. The molecule has 0 atom stereocenters. The van der Waals surface area contributed by atoms with Gasteiger partial charge in [0.15, 0.2) is 0 Å². The van der Waals surface area contributed by atoms with Crippen molar-refractivity contribution >= 4 is 33.2 Å². The third-order valence-corrected chi connectivity index (χ3v) is 4.31. The Kier molecular flexibility index (Phi) is 4.38. The molecular weight excluding hydrogens is 308 g/mol. The van der Waals surface area contributed by atoms with E-state index in [-0.39, 0.29) is 0 Å². The smallest absolute Gasteiger partial charge is 0.149 e. The molecule has 0 aliphatic heterocycles. The first-order chi connectivity index (χ1) is 11.0. The van der Waals surface area contributed by atoms with Crippen molar-refractivity contribution in [2.24, 2.45) is 5.92 Å². The van der Waals surface area contributed by atoms with Crippen molar-refractivity contribution in [1.82, 2.24) is 19.9 Å². The molecule has 0 saturated heterocycles. The number of nitrogens with zero attached hydrogens (tertiary/aromatic N) is 4. The van der Waals surface area contributed by atoms with Crippen molar-refractivity contribution in [3.8, 4) is 0 Å². The molecule has 0 amide bonds. The number of aryl methyl sites for hydroxylation is 1. The first-order valence-electron chi connectivity index (χ1n) is 7.59. The maximum absolute atomic E-state index is 5.70. The Balaban J connectivity index is 1.93. The van der Waals surface area contributed by atoms with Gasteiger partial charge in [-0.25, -0.2) is 19.9 Å². The second-order valence-corrected chi connectivity index (χ2v) is 6.77. The number of anilines is 2. The number of fused-ring (bicyclic) bond motifs is 1. The van der Waals surface area contributed by atoms with Crippen LogP contribution in [0.2, 0.25) is 0 Å². The van der Waals surface area contributed by atoms with Gasteiger partial charge in [0.05, 0.1) is 11.9 Å². The Morgan fingerprint density at radius 2 is 2.09 bits per heavy atom. The van der Waals surface area contributed by atoms with E-state index in [0.29, 0.717) is 24.1 Å². The minimum atomic E-state index is 0.469. The molecule has 0 unspecified atom stereocenters. The number of aromatic nitrogens is 4. The van der Waals surface area contributed by atoms with Crippen LogP contribution in [0.5, 0.6) is 0 Å². The predicted octanol–water partition coefficient (Wildman–Crippen LogP) is 3.18. The van der Waals surface area contributed by atoms with E-state index in [0.717, 1.165) is 28.3 Å². The molecule has 3 rings (SSSR count). The molecule has 6 nitrogen and oxygen atoms in total. The zero-order valence-electron chi connectivity index (χ0n) is 13.5. The molecule has 120 valence electrons. The zero-order chi connectivity index (χ0) is 16.4. The molecule has 3 heterocycles. The van der Waals surface area contributed by atoms with Crippen LogP contribution in [0.3, 0.4) is 0 Å². The van der Waals surface area contributed by atoms with Crippen LogP contribution in [-0.2, 0) is 13.0 Å². The van der Waals surface area contributed by atoms with Crippen LogP contribution in [0, 0.1) is 12.8 Å². The Hall–Kier alpha value is -2.28. The number of thiophene rings is 1. The molecule has 0 aromatic carbocycles. The number of rotatable bonds is 5. The van der Waals surface area contributed by atoms with Crippen molar-refractivity contribution in [2.75, 3.05) is 11.1 Å². The van der Waals surface area contributed by atoms with Crippen LogP contribution >= 0.6 is 11.3 Å². The van der Waals surface area contributed by atoms with Gasteiger partial charge in [-0.15, -0.1) is 11.3 Å². The minimum absolute atomic E-state index is 0.469. The molecule has 7 heteroatoms. The minimum Gasteiger partial charge on any atom is -0.384 e. The van der Waals surface area contributed by atoms with Gasteiger partial charge >= 0.3 is 0 Å². The topological polar surface area (TPSA) is 89.6 Å². The summed E-state index contributed by atoms with van der Waals surface area (Å²) in [5.41, 5.74) is 6.99. The molecule has 23 heavy (non-hydrogen) atoms. The highest BCUT2D eigenvalue weighted by molar-refractivity contribution is 7.17. The molecule has 0 aliphatic carbocycles. The summed E-state index contributed by atoms with van der Waals surface area (Å²) in [5, 5.41) is 6.64. The van der Waals surface area contributed by atoms with Crippen molar-refractivity contribution in [3.63, 3.8) is 0 Å². The van der Waals surface area contributed by atoms with Gasteiger partial charge in [0.2, 0.25) is 0 Å². The first kappa shape index (κ1) is 15.6. The van der Waals surface area contributed by atoms with Crippen LogP contribution in [0.15, 0.2) is 17.6 Å². The van der Waals surface area contributed by atoms with Crippen molar-refractivity contribution in [3.05, 3.63) is 34.9 Å².